The molecule has 1 aliphatic rings. The van der Waals surface area contributed by atoms with Crippen molar-refractivity contribution in [3.63, 3.8) is 0 Å². The summed E-state index contributed by atoms with van der Waals surface area (Å²) in [7, 11) is 0. The first-order chi connectivity index (χ1) is 16.2. The Morgan fingerprint density at radius 3 is 2.56 bits per heavy atom. The highest BCUT2D eigenvalue weighted by Gasteiger charge is 2.29. The van der Waals surface area contributed by atoms with Crippen LogP contribution in [0.5, 0.6) is 0 Å². The van der Waals surface area contributed by atoms with Crippen molar-refractivity contribution in [1.82, 2.24) is 4.98 Å². The summed E-state index contributed by atoms with van der Waals surface area (Å²) in [5, 5.41) is 11.3. The molecule has 1 aliphatic carbocycles. The van der Waals surface area contributed by atoms with E-state index in [1.807, 2.05) is 57.2 Å². The van der Waals surface area contributed by atoms with Crippen LogP contribution < -0.4 is 0 Å². The van der Waals surface area contributed by atoms with Crippen molar-refractivity contribution < 1.29 is 19.0 Å². The third-order valence-electron chi connectivity index (χ3n) is 5.83. The van der Waals surface area contributed by atoms with Gasteiger partial charge in [-0.05, 0) is 70.2 Å². The molecule has 0 aliphatic heterocycles. The molecule has 2 aromatic carbocycles. The van der Waals surface area contributed by atoms with Gasteiger partial charge in [0.25, 0.3) is 0 Å². The second kappa shape index (κ2) is 10.1. The Hall–Kier alpha value is -3.05. The molecule has 5 heteroatoms. The number of aliphatic hydroxyl groups excluding tert-OH is 1. The topological polar surface area (TPSA) is 59.4 Å². The number of rotatable bonds is 8. The first-order valence-corrected chi connectivity index (χ1v) is 12.0. The van der Waals surface area contributed by atoms with Crippen LogP contribution >= 0.6 is 0 Å². The van der Waals surface area contributed by atoms with Gasteiger partial charge in [-0.2, -0.15) is 0 Å². The summed E-state index contributed by atoms with van der Waals surface area (Å²) in [5.74, 6) is -0.223. The molecule has 1 fully saturated rings. The minimum atomic E-state index is -0.756. The molecular weight excluding hydrogens is 429 g/mol. The zero-order chi connectivity index (χ0) is 24.3. The molecule has 1 saturated carbocycles. The van der Waals surface area contributed by atoms with E-state index in [1.165, 1.54) is 12.1 Å². The fraction of sp³-hybridized carbons (Fsp3) is 0.379. The summed E-state index contributed by atoms with van der Waals surface area (Å²) in [5.41, 5.74) is 4.51. The molecule has 1 atom stereocenters. The number of hydrogen-bond acceptors (Lipinski definition) is 4. The Balaban J connectivity index is 1.59. The van der Waals surface area contributed by atoms with E-state index in [1.54, 1.807) is 0 Å². The Morgan fingerprint density at radius 1 is 1.18 bits per heavy atom. The normalized spacial score (nSPS) is 15.1. The van der Waals surface area contributed by atoms with Crippen LogP contribution in [0.2, 0.25) is 0 Å². The average molecular weight is 462 g/mol. The number of allylic oxidation sites excluding steroid dienone is 1. The molecule has 1 unspecified atom stereocenters. The van der Waals surface area contributed by atoms with Crippen molar-refractivity contribution in [3.8, 4) is 11.1 Å². The van der Waals surface area contributed by atoms with Gasteiger partial charge in [-0.1, -0.05) is 42.5 Å². The van der Waals surface area contributed by atoms with E-state index in [4.69, 9.17) is 9.72 Å². The summed E-state index contributed by atoms with van der Waals surface area (Å²) in [6.45, 7) is 5.44. The second-order valence-electron chi connectivity index (χ2n) is 10.0. The van der Waals surface area contributed by atoms with Gasteiger partial charge >= 0.3 is 5.97 Å². The van der Waals surface area contributed by atoms with E-state index < -0.39 is 17.7 Å². The van der Waals surface area contributed by atoms with Gasteiger partial charge in [-0.25, -0.2) is 4.39 Å². The SMILES string of the molecule is CC(C)(C)OC(=O)CC(O)CCC=Cc1c(C2CC2)nc2ccccc2c1-c1ccc(F)cc1. The van der Waals surface area contributed by atoms with E-state index in [2.05, 4.69) is 12.1 Å². The summed E-state index contributed by atoms with van der Waals surface area (Å²) in [6.07, 6.45) is 6.64. The van der Waals surface area contributed by atoms with Crippen molar-refractivity contribution in [2.75, 3.05) is 0 Å². The smallest absolute Gasteiger partial charge is 0.308 e. The molecule has 1 aromatic heterocycles. The van der Waals surface area contributed by atoms with Crippen LogP contribution in [-0.4, -0.2) is 27.8 Å². The molecule has 4 nitrogen and oxygen atoms in total. The quantitative estimate of drug-likeness (QED) is 0.375. The van der Waals surface area contributed by atoms with E-state index in [0.717, 1.165) is 46.1 Å². The summed E-state index contributed by atoms with van der Waals surface area (Å²) < 4.78 is 19.0. The van der Waals surface area contributed by atoms with Crippen LogP contribution in [0.15, 0.2) is 54.6 Å². The number of esters is 1. The minimum Gasteiger partial charge on any atom is -0.460 e. The van der Waals surface area contributed by atoms with E-state index in [0.29, 0.717) is 18.8 Å². The molecule has 0 bridgehead atoms. The Kier molecular flexibility index (Phi) is 7.13. The minimum absolute atomic E-state index is 0.0171. The molecule has 178 valence electrons. The van der Waals surface area contributed by atoms with Gasteiger partial charge < -0.3 is 9.84 Å². The zero-order valence-corrected chi connectivity index (χ0v) is 20.1. The summed E-state index contributed by atoms with van der Waals surface area (Å²) >= 11 is 0. The molecule has 0 radical (unpaired) electrons. The Morgan fingerprint density at radius 2 is 1.88 bits per heavy atom. The highest BCUT2D eigenvalue weighted by molar-refractivity contribution is 5.99. The maximum Gasteiger partial charge on any atom is 0.308 e. The lowest BCUT2D eigenvalue weighted by Crippen LogP contribution is -2.26. The number of halogens is 1. The van der Waals surface area contributed by atoms with E-state index in [9.17, 15) is 14.3 Å². The number of aromatic nitrogens is 1. The highest BCUT2D eigenvalue weighted by Crippen LogP contribution is 2.45. The maximum atomic E-state index is 13.7. The maximum absolute atomic E-state index is 13.7. The largest absolute Gasteiger partial charge is 0.460 e. The lowest BCUT2D eigenvalue weighted by molar-refractivity contribution is -0.157. The predicted octanol–water partition coefficient (Wildman–Crippen LogP) is 6.80. The van der Waals surface area contributed by atoms with Gasteiger partial charge in [0.15, 0.2) is 0 Å². The third-order valence-corrected chi connectivity index (χ3v) is 5.83. The van der Waals surface area contributed by atoms with Crippen LogP contribution in [0.3, 0.4) is 0 Å². The highest BCUT2D eigenvalue weighted by atomic mass is 19.1. The summed E-state index contributed by atoms with van der Waals surface area (Å²) in [4.78, 5) is 17.0. The zero-order valence-electron chi connectivity index (χ0n) is 20.1. The number of para-hydroxylation sites is 1. The third kappa shape index (κ3) is 6.09. The molecule has 0 amide bonds. The van der Waals surface area contributed by atoms with Gasteiger partial charge in [0, 0.05) is 22.4 Å². The molecule has 1 heterocycles. The molecule has 4 rings (SSSR count). The number of nitrogens with zero attached hydrogens (tertiary/aromatic N) is 1. The van der Waals surface area contributed by atoms with Gasteiger partial charge in [-0.3, -0.25) is 9.78 Å². The van der Waals surface area contributed by atoms with Crippen molar-refractivity contribution in [1.29, 1.82) is 0 Å². The molecule has 0 saturated heterocycles. The monoisotopic (exact) mass is 461 g/mol. The van der Waals surface area contributed by atoms with Crippen LogP contribution in [0, 0.1) is 5.82 Å². The van der Waals surface area contributed by atoms with Crippen LogP contribution in [0.4, 0.5) is 4.39 Å². The van der Waals surface area contributed by atoms with Gasteiger partial charge in [0.1, 0.15) is 11.4 Å². The number of hydrogen-bond donors (Lipinski definition) is 1. The molecule has 34 heavy (non-hydrogen) atoms. The molecule has 3 aromatic rings. The number of aliphatic hydroxyl groups is 1. The average Bonchev–Trinajstić information content (AvgIpc) is 3.60. The fourth-order valence-corrected chi connectivity index (χ4v) is 4.18. The standard InChI is InChI=1S/C29H32FNO3/c1-29(2,3)34-26(33)18-22(32)8-4-5-10-24-27(19-14-16-21(30)17-15-19)23-9-6-7-11-25(23)31-28(24)20-12-13-20/h5-7,9-11,14-17,20,22,32H,4,8,12-13,18H2,1-3H3. The van der Waals surface area contributed by atoms with E-state index >= 15 is 0 Å². The number of carbonyl (C=O) groups excluding carboxylic acids is 1. The van der Waals surface area contributed by atoms with Crippen molar-refractivity contribution in [2.45, 2.75) is 70.5 Å². The Bertz CT molecular complexity index is 1190. The van der Waals surface area contributed by atoms with Crippen LogP contribution in [0.1, 0.15) is 70.1 Å². The lowest BCUT2D eigenvalue weighted by atomic mass is 9.92. The van der Waals surface area contributed by atoms with Gasteiger partial charge in [0.2, 0.25) is 0 Å². The second-order valence-corrected chi connectivity index (χ2v) is 10.0. The number of carbonyl (C=O) groups is 1. The van der Waals surface area contributed by atoms with E-state index in [-0.39, 0.29) is 12.2 Å². The lowest BCUT2D eigenvalue weighted by Gasteiger charge is -2.20. The number of benzene rings is 2. The van der Waals surface area contributed by atoms with Crippen LogP contribution in [0.25, 0.3) is 28.1 Å². The number of pyridine rings is 1. The van der Waals surface area contributed by atoms with Crippen molar-refractivity contribution in [3.05, 3.63) is 71.7 Å². The molecule has 0 spiro atoms. The van der Waals surface area contributed by atoms with Gasteiger partial charge in [-0.15, -0.1) is 0 Å². The summed E-state index contributed by atoms with van der Waals surface area (Å²) in [6, 6.07) is 14.7. The van der Waals surface area contributed by atoms with Crippen molar-refractivity contribution in [2.24, 2.45) is 0 Å². The number of ether oxygens (including phenoxy) is 1. The van der Waals surface area contributed by atoms with Crippen LogP contribution in [-0.2, 0) is 9.53 Å². The Labute approximate surface area is 200 Å². The molecule has 1 N–H and O–H groups in total. The first-order valence-electron chi connectivity index (χ1n) is 12.0. The fourth-order valence-electron chi connectivity index (χ4n) is 4.18. The first kappa shape index (κ1) is 24.1. The number of fused-ring (bicyclic) bond motifs is 1. The van der Waals surface area contributed by atoms with Crippen molar-refractivity contribution >= 4 is 22.9 Å². The molecular formula is C29H32FNO3. The predicted molar refractivity (Wildman–Crippen MR) is 134 cm³/mol. The van der Waals surface area contributed by atoms with Gasteiger partial charge in [0.05, 0.1) is 23.7 Å².